The van der Waals surface area contributed by atoms with Crippen molar-refractivity contribution in [3.05, 3.63) is 127 Å². The van der Waals surface area contributed by atoms with Crippen LogP contribution in [0.1, 0.15) is 19.3 Å². The molecule has 0 saturated carbocycles. The second kappa shape index (κ2) is 12.0. The first kappa shape index (κ1) is 25.6. The lowest BCUT2D eigenvalue weighted by Crippen LogP contribution is -3.00. The van der Waals surface area contributed by atoms with Crippen LogP contribution in [-0.2, 0) is 6.54 Å². The summed E-state index contributed by atoms with van der Waals surface area (Å²) in [5.41, 5.74) is 0.986. The Labute approximate surface area is 225 Å². The van der Waals surface area contributed by atoms with E-state index in [0.717, 1.165) is 37.5 Å². The van der Waals surface area contributed by atoms with E-state index in [4.69, 9.17) is 0 Å². The van der Waals surface area contributed by atoms with E-state index in [9.17, 15) is 4.39 Å². The zero-order chi connectivity index (χ0) is 23.2. The van der Waals surface area contributed by atoms with E-state index < -0.39 is 7.26 Å². The summed E-state index contributed by atoms with van der Waals surface area (Å²) in [7, 11) is -1.76. The zero-order valence-electron chi connectivity index (χ0n) is 19.7. The first-order valence-corrected chi connectivity index (χ1v) is 14.0. The van der Waals surface area contributed by atoms with Crippen LogP contribution in [0.15, 0.2) is 121 Å². The molecule has 0 amide bonds. The molecule has 4 aromatic carbocycles. The lowest BCUT2D eigenvalue weighted by molar-refractivity contribution is -0.00000718. The summed E-state index contributed by atoms with van der Waals surface area (Å²) in [5.74, 6) is -0.139. The Bertz CT molecular complexity index is 1240. The number of hydrogen-bond donors (Lipinski definition) is 0. The predicted octanol–water partition coefficient (Wildman–Crippen LogP) is 3.95. The lowest BCUT2D eigenvalue weighted by Gasteiger charge is -2.27. The number of halogens is 2. The molecule has 0 unspecified atom stereocenters. The molecule has 5 rings (SSSR count). The van der Waals surface area contributed by atoms with E-state index in [1.165, 1.54) is 22.0 Å². The van der Waals surface area contributed by atoms with Crippen LogP contribution >= 0.6 is 7.26 Å². The van der Waals surface area contributed by atoms with E-state index in [-0.39, 0.29) is 29.8 Å². The lowest BCUT2D eigenvalue weighted by atomic mass is 10.2. The summed E-state index contributed by atoms with van der Waals surface area (Å²) in [4.78, 5) is 0. The van der Waals surface area contributed by atoms with Gasteiger partial charge in [0.05, 0.1) is 11.7 Å². The minimum Gasteiger partial charge on any atom is -1.00 e. The fourth-order valence-corrected chi connectivity index (χ4v) is 9.48. The molecule has 0 aliphatic carbocycles. The van der Waals surface area contributed by atoms with Gasteiger partial charge < -0.3 is 28.5 Å². The maximum absolute atomic E-state index is 14.0. The van der Waals surface area contributed by atoms with E-state index >= 15 is 0 Å². The van der Waals surface area contributed by atoms with Gasteiger partial charge in [-0.25, -0.2) is 4.39 Å². The van der Waals surface area contributed by atoms with Crippen LogP contribution in [-0.4, -0.2) is 10.7 Å². The molecule has 0 bridgehead atoms. The van der Waals surface area contributed by atoms with Crippen LogP contribution in [0.5, 0.6) is 0 Å². The van der Waals surface area contributed by atoms with Crippen molar-refractivity contribution in [3.8, 4) is 0 Å². The minimum atomic E-state index is -1.76. The molecule has 0 aliphatic rings. The van der Waals surface area contributed by atoms with Crippen molar-refractivity contribution in [3.63, 3.8) is 0 Å². The van der Waals surface area contributed by atoms with Crippen molar-refractivity contribution in [2.24, 2.45) is 0 Å². The highest BCUT2D eigenvalue weighted by atomic mass is 127. The van der Waals surface area contributed by atoms with Crippen molar-refractivity contribution >= 4 is 34.1 Å². The predicted molar refractivity (Wildman–Crippen MR) is 146 cm³/mol. The highest BCUT2D eigenvalue weighted by Gasteiger charge is 2.44. The molecule has 0 saturated heterocycles. The van der Waals surface area contributed by atoms with Gasteiger partial charge in [-0.1, -0.05) is 60.7 Å². The second-order valence-electron chi connectivity index (χ2n) is 8.78. The highest BCUT2D eigenvalue weighted by molar-refractivity contribution is 7.95. The molecular formula is C31H30FINP. The van der Waals surface area contributed by atoms with E-state index in [1.807, 2.05) is 18.3 Å². The summed E-state index contributed by atoms with van der Waals surface area (Å²) in [6.07, 6.45) is 6.54. The smallest absolute Gasteiger partial charge is 0.132 e. The molecule has 0 spiro atoms. The van der Waals surface area contributed by atoms with Crippen molar-refractivity contribution in [1.29, 1.82) is 0 Å². The van der Waals surface area contributed by atoms with Crippen LogP contribution in [0.25, 0.3) is 10.9 Å². The number of nitrogens with zero attached hydrogens (tertiary/aromatic N) is 1. The van der Waals surface area contributed by atoms with Crippen LogP contribution in [0.4, 0.5) is 4.39 Å². The SMILES string of the molecule is Fc1cccc2c1ccn2CCCCC[P+](c1ccccc1)(c1ccccc1)c1ccccc1.[I-]. The van der Waals surface area contributed by atoms with Gasteiger partial charge in [0.15, 0.2) is 0 Å². The molecule has 0 radical (unpaired) electrons. The van der Waals surface area contributed by atoms with Gasteiger partial charge in [-0.15, -0.1) is 0 Å². The maximum Gasteiger partial charge on any atom is 0.132 e. The fraction of sp³-hybridized carbons (Fsp3) is 0.161. The largest absolute Gasteiger partial charge is 1.00 e. The van der Waals surface area contributed by atoms with Crippen LogP contribution in [0.2, 0.25) is 0 Å². The Balaban J connectivity index is 0.00000289. The molecule has 0 N–H and O–H groups in total. The van der Waals surface area contributed by atoms with Crippen molar-refractivity contribution in [2.75, 3.05) is 6.16 Å². The summed E-state index contributed by atoms with van der Waals surface area (Å²) < 4.78 is 16.2. The number of aromatic nitrogens is 1. The molecule has 1 heterocycles. The summed E-state index contributed by atoms with van der Waals surface area (Å²) >= 11 is 0. The maximum atomic E-state index is 14.0. The Morgan fingerprint density at radius 1 is 0.571 bits per heavy atom. The molecule has 178 valence electrons. The van der Waals surface area contributed by atoms with Crippen molar-refractivity contribution in [2.45, 2.75) is 25.8 Å². The van der Waals surface area contributed by atoms with Gasteiger partial charge in [-0.05, 0) is 73.9 Å². The fourth-order valence-electron chi connectivity index (χ4n) is 5.07. The molecule has 4 heteroatoms. The third-order valence-electron chi connectivity index (χ3n) is 6.74. The number of unbranched alkanes of at least 4 members (excludes halogenated alkanes) is 2. The highest BCUT2D eigenvalue weighted by Crippen LogP contribution is 2.55. The summed E-state index contributed by atoms with van der Waals surface area (Å²) in [6, 6.07) is 40.5. The topological polar surface area (TPSA) is 4.93 Å². The average Bonchev–Trinajstić information content (AvgIpc) is 3.32. The monoisotopic (exact) mass is 593 g/mol. The van der Waals surface area contributed by atoms with E-state index in [0.29, 0.717) is 5.39 Å². The number of aryl methyl sites for hydroxylation is 1. The molecule has 1 aromatic heterocycles. The minimum absolute atomic E-state index is 0. The number of hydrogen-bond acceptors (Lipinski definition) is 0. The van der Waals surface area contributed by atoms with Gasteiger partial charge in [-0.3, -0.25) is 0 Å². The molecule has 5 aromatic rings. The summed E-state index contributed by atoms with van der Waals surface area (Å²) in [5, 5.41) is 5.04. The van der Waals surface area contributed by atoms with E-state index in [2.05, 4.69) is 95.6 Å². The Kier molecular flexibility index (Phi) is 8.75. The first-order chi connectivity index (χ1) is 16.8. The molecule has 1 nitrogen and oxygen atoms in total. The van der Waals surface area contributed by atoms with Gasteiger partial charge >= 0.3 is 0 Å². The van der Waals surface area contributed by atoms with E-state index in [1.54, 1.807) is 6.07 Å². The first-order valence-electron chi connectivity index (χ1n) is 12.1. The normalized spacial score (nSPS) is 11.3. The molecule has 0 atom stereocenters. The van der Waals surface area contributed by atoms with Crippen molar-refractivity contribution in [1.82, 2.24) is 4.57 Å². The molecule has 0 fully saturated rings. The van der Waals surface area contributed by atoms with Crippen LogP contribution in [0.3, 0.4) is 0 Å². The second-order valence-corrected chi connectivity index (χ2v) is 12.4. The van der Waals surface area contributed by atoms with Crippen LogP contribution in [0, 0.1) is 5.82 Å². The van der Waals surface area contributed by atoms with Crippen molar-refractivity contribution < 1.29 is 28.4 Å². The molecular weight excluding hydrogens is 563 g/mol. The third kappa shape index (κ3) is 5.37. The van der Waals surface area contributed by atoms with Gasteiger partial charge in [0.25, 0.3) is 0 Å². The quantitative estimate of drug-likeness (QED) is 0.139. The van der Waals surface area contributed by atoms with Gasteiger partial charge in [0, 0.05) is 18.1 Å². The Morgan fingerprint density at radius 2 is 1.11 bits per heavy atom. The van der Waals surface area contributed by atoms with Gasteiger partial charge in [-0.2, -0.15) is 0 Å². The Morgan fingerprint density at radius 3 is 1.66 bits per heavy atom. The number of benzene rings is 4. The Hall–Kier alpha value is -2.49. The van der Waals surface area contributed by atoms with Gasteiger partial charge in [0.1, 0.15) is 29.0 Å². The summed E-state index contributed by atoms with van der Waals surface area (Å²) in [6.45, 7) is 0.917. The standard InChI is InChI=1S/C31H30FNP.HI/c32-30-20-13-21-31-29(30)22-24-33(31)23-11-4-12-25-34(26-14-5-1-6-15-26,27-16-7-2-8-17-27)28-18-9-3-10-19-28;/h1-3,5-10,13-22,24H,4,11-12,23,25H2;1H/q+1;/p-1. The van der Waals surface area contributed by atoms with Gasteiger partial charge in [0.2, 0.25) is 0 Å². The number of rotatable bonds is 9. The average molecular weight is 593 g/mol. The zero-order valence-corrected chi connectivity index (χ0v) is 22.8. The third-order valence-corrected chi connectivity index (χ3v) is 11.3. The molecule has 0 aliphatic heterocycles. The number of fused-ring (bicyclic) bond motifs is 1. The molecule has 35 heavy (non-hydrogen) atoms. The van der Waals surface area contributed by atoms with Crippen LogP contribution < -0.4 is 39.9 Å².